The third-order valence-corrected chi connectivity index (χ3v) is 5.08. The number of hydrogen-bond acceptors (Lipinski definition) is 4. The number of esters is 1. The first-order valence-electron chi connectivity index (χ1n) is 11.1. The van der Waals surface area contributed by atoms with Gasteiger partial charge in [-0.15, -0.1) is 0 Å². The fraction of sp³-hybridized carbons (Fsp3) is 0.444. The molecule has 0 saturated carbocycles. The Morgan fingerprint density at radius 2 is 1.84 bits per heavy atom. The van der Waals surface area contributed by atoms with Crippen LogP contribution in [0.25, 0.3) is 11.1 Å². The fourth-order valence-corrected chi connectivity index (χ4v) is 3.56. The maximum atomic E-state index is 15.1. The molecule has 0 bridgehead atoms. The summed E-state index contributed by atoms with van der Waals surface area (Å²) in [7, 11) is 0. The summed E-state index contributed by atoms with van der Waals surface area (Å²) in [4.78, 5) is 11.6. The summed E-state index contributed by atoms with van der Waals surface area (Å²) in [5.41, 5.74) is 3.41. The van der Waals surface area contributed by atoms with E-state index < -0.39 is 17.4 Å². The zero-order valence-electron chi connectivity index (χ0n) is 20.5. The molecular weight excluding hydrogens is 407 g/mol. The lowest BCUT2D eigenvalue weighted by Gasteiger charge is -2.33. The van der Waals surface area contributed by atoms with Gasteiger partial charge in [-0.25, -0.2) is 9.18 Å². The molecule has 32 heavy (non-hydrogen) atoms. The minimum Gasteiger partial charge on any atom is -0.493 e. The molecule has 0 radical (unpaired) electrons. The van der Waals surface area contributed by atoms with Gasteiger partial charge in [-0.2, -0.15) is 0 Å². The number of ether oxygens (including phenoxy) is 3. The average molecular weight is 443 g/mol. The van der Waals surface area contributed by atoms with Crippen LogP contribution in [-0.2, 0) is 9.53 Å². The van der Waals surface area contributed by atoms with Crippen LogP contribution in [0, 0.1) is 5.92 Å². The van der Waals surface area contributed by atoms with E-state index in [1.54, 1.807) is 26.8 Å². The number of allylic oxidation sites excluding steroid dienone is 6. The second-order valence-corrected chi connectivity index (χ2v) is 8.68. The summed E-state index contributed by atoms with van der Waals surface area (Å²) in [5.74, 6) is 0.749. The Hall–Kier alpha value is -2.82. The molecule has 0 spiro atoms. The molecule has 1 heterocycles. The number of hydrogen-bond donors (Lipinski definition) is 0. The van der Waals surface area contributed by atoms with Gasteiger partial charge >= 0.3 is 5.97 Å². The van der Waals surface area contributed by atoms with E-state index in [-0.39, 0.29) is 5.92 Å². The minimum atomic E-state index is -0.444. The van der Waals surface area contributed by atoms with Gasteiger partial charge in [0.1, 0.15) is 22.9 Å². The predicted molar refractivity (Wildman–Crippen MR) is 128 cm³/mol. The van der Waals surface area contributed by atoms with E-state index in [2.05, 4.69) is 19.9 Å². The first kappa shape index (κ1) is 25.4. The minimum absolute atomic E-state index is 0.285. The van der Waals surface area contributed by atoms with Gasteiger partial charge in [0.05, 0.1) is 13.2 Å². The Labute approximate surface area is 191 Å². The van der Waals surface area contributed by atoms with E-state index in [0.717, 1.165) is 16.9 Å². The number of carbonyl (C=O) groups excluding carboxylic acids is 1. The van der Waals surface area contributed by atoms with Crippen LogP contribution in [0.4, 0.5) is 4.39 Å². The fourth-order valence-electron chi connectivity index (χ4n) is 3.56. The van der Waals surface area contributed by atoms with E-state index in [0.29, 0.717) is 35.7 Å². The van der Waals surface area contributed by atoms with Crippen LogP contribution >= 0.6 is 0 Å². The summed E-state index contributed by atoms with van der Waals surface area (Å²) in [6, 6.07) is 3.81. The van der Waals surface area contributed by atoms with Crippen molar-refractivity contribution in [3.05, 3.63) is 59.0 Å². The van der Waals surface area contributed by atoms with Gasteiger partial charge in [-0.05, 0) is 82.4 Å². The zero-order chi connectivity index (χ0) is 24.1. The molecule has 0 amide bonds. The molecule has 0 saturated heterocycles. The van der Waals surface area contributed by atoms with Gasteiger partial charge < -0.3 is 14.2 Å². The molecule has 4 nitrogen and oxygen atoms in total. The molecule has 0 N–H and O–H groups in total. The van der Waals surface area contributed by atoms with Crippen molar-refractivity contribution < 1.29 is 23.4 Å². The van der Waals surface area contributed by atoms with Crippen LogP contribution in [0.1, 0.15) is 66.5 Å². The lowest BCUT2D eigenvalue weighted by atomic mass is 9.86. The van der Waals surface area contributed by atoms with Crippen LogP contribution in [-0.4, -0.2) is 24.8 Å². The molecule has 1 aromatic rings. The molecule has 0 unspecified atom stereocenters. The van der Waals surface area contributed by atoms with Crippen molar-refractivity contribution in [2.45, 2.75) is 61.0 Å². The largest absolute Gasteiger partial charge is 0.493 e. The van der Waals surface area contributed by atoms with E-state index >= 15 is 4.39 Å². The quantitative estimate of drug-likeness (QED) is 0.246. The van der Waals surface area contributed by atoms with E-state index in [4.69, 9.17) is 14.2 Å². The van der Waals surface area contributed by atoms with Crippen molar-refractivity contribution in [3.63, 3.8) is 0 Å². The lowest BCUT2D eigenvalue weighted by molar-refractivity contribution is -0.137. The highest BCUT2D eigenvalue weighted by Gasteiger charge is 2.29. The third kappa shape index (κ3) is 6.35. The topological polar surface area (TPSA) is 44.8 Å². The lowest BCUT2D eigenvalue weighted by Crippen LogP contribution is -2.29. The van der Waals surface area contributed by atoms with Gasteiger partial charge in [0.15, 0.2) is 0 Å². The molecule has 2 rings (SSSR count). The third-order valence-electron chi connectivity index (χ3n) is 5.08. The predicted octanol–water partition coefficient (Wildman–Crippen LogP) is 7.06. The van der Waals surface area contributed by atoms with Crippen LogP contribution in [0.2, 0.25) is 0 Å². The standard InChI is InChI=1S/C27H35FO4/c1-9-30-24-15-25-21(22(17(3)4)16-27(7,8)32-25)14-20(24)19(6)23(28)12-11-18(5)13-26(29)31-10-2/h11-17H,9-10H2,1-8H3. The van der Waals surface area contributed by atoms with Crippen molar-refractivity contribution in [1.29, 1.82) is 0 Å². The Bertz CT molecular complexity index is 978. The molecular formula is C27H35FO4. The molecule has 5 heteroatoms. The molecule has 0 fully saturated rings. The SMILES string of the molecule is CCOC(=O)C=C(C)C=CC(F)=C(C)c1cc2c(cc1OCC)OC(C)(C)C=C2C(C)C. The average Bonchev–Trinajstić information content (AvgIpc) is 2.70. The van der Waals surface area contributed by atoms with Crippen LogP contribution in [0.3, 0.4) is 0 Å². The van der Waals surface area contributed by atoms with Gasteiger partial charge in [0.2, 0.25) is 0 Å². The molecule has 0 aromatic heterocycles. The summed E-state index contributed by atoms with van der Waals surface area (Å²) in [6.45, 7) is 16.1. The highest BCUT2D eigenvalue weighted by Crippen LogP contribution is 2.44. The molecule has 174 valence electrons. The zero-order valence-corrected chi connectivity index (χ0v) is 20.5. The Balaban J connectivity index is 2.52. The summed E-state index contributed by atoms with van der Waals surface area (Å²) < 4.78 is 32.0. The molecule has 1 aromatic carbocycles. The van der Waals surface area contributed by atoms with Gasteiger partial charge in [-0.3, -0.25) is 0 Å². The molecule has 1 aliphatic rings. The van der Waals surface area contributed by atoms with Gasteiger partial charge in [0.25, 0.3) is 0 Å². The van der Waals surface area contributed by atoms with E-state index in [1.807, 2.05) is 32.9 Å². The van der Waals surface area contributed by atoms with Crippen molar-refractivity contribution in [3.8, 4) is 11.5 Å². The van der Waals surface area contributed by atoms with Gasteiger partial charge in [0, 0.05) is 23.3 Å². The van der Waals surface area contributed by atoms with Crippen molar-refractivity contribution >= 4 is 17.1 Å². The van der Waals surface area contributed by atoms with Crippen molar-refractivity contribution in [2.75, 3.05) is 13.2 Å². The highest BCUT2D eigenvalue weighted by molar-refractivity contribution is 5.84. The number of halogens is 1. The second kappa shape index (κ2) is 10.7. The first-order chi connectivity index (χ1) is 15.0. The Morgan fingerprint density at radius 3 is 2.44 bits per heavy atom. The van der Waals surface area contributed by atoms with Crippen LogP contribution in [0.5, 0.6) is 11.5 Å². The molecule has 1 aliphatic heterocycles. The Morgan fingerprint density at radius 1 is 1.16 bits per heavy atom. The van der Waals surface area contributed by atoms with Gasteiger partial charge in [-0.1, -0.05) is 19.9 Å². The number of fused-ring (bicyclic) bond motifs is 1. The Kier molecular flexibility index (Phi) is 8.48. The van der Waals surface area contributed by atoms with Crippen LogP contribution < -0.4 is 9.47 Å². The van der Waals surface area contributed by atoms with Crippen LogP contribution in [0.15, 0.2) is 47.8 Å². The molecule has 0 atom stereocenters. The van der Waals surface area contributed by atoms with E-state index in [1.165, 1.54) is 12.2 Å². The number of benzene rings is 1. The smallest absolute Gasteiger partial charge is 0.330 e. The van der Waals surface area contributed by atoms with Crippen molar-refractivity contribution in [1.82, 2.24) is 0 Å². The monoisotopic (exact) mass is 442 g/mol. The highest BCUT2D eigenvalue weighted by atomic mass is 19.1. The first-order valence-corrected chi connectivity index (χ1v) is 11.1. The van der Waals surface area contributed by atoms with E-state index in [9.17, 15) is 4.79 Å². The molecule has 0 aliphatic carbocycles. The number of carbonyl (C=O) groups is 1. The van der Waals surface area contributed by atoms with Crippen molar-refractivity contribution in [2.24, 2.45) is 5.92 Å². The second-order valence-electron chi connectivity index (χ2n) is 8.68. The number of rotatable bonds is 8. The summed E-state index contributed by atoms with van der Waals surface area (Å²) in [6.07, 6.45) is 6.38. The maximum absolute atomic E-state index is 15.1. The maximum Gasteiger partial charge on any atom is 0.330 e. The normalized spacial score (nSPS) is 16.3. The summed E-state index contributed by atoms with van der Waals surface area (Å²) >= 11 is 0. The summed E-state index contributed by atoms with van der Waals surface area (Å²) in [5, 5.41) is 0.